The van der Waals surface area contributed by atoms with E-state index < -0.39 is 17.6 Å². The maximum absolute atomic E-state index is 13.1. The summed E-state index contributed by atoms with van der Waals surface area (Å²) in [6, 6.07) is 14.9. The fourth-order valence-electron chi connectivity index (χ4n) is 4.16. The van der Waals surface area contributed by atoms with E-state index in [9.17, 15) is 22.8 Å². The van der Waals surface area contributed by atoms with E-state index in [1.165, 1.54) is 18.3 Å². The van der Waals surface area contributed by atoms with Crippen LogP contribution in [-0.4, -0.2) is 26.6 Å². The van der Waals surface area contributed by atoms with Crippen LogP contribution in [0.25, 0.3) is 0 Å². The van der Waals surface area contributed by atoms with Crippen LogP contribution in [0.15, 0.2) is 73.1 Å². The molecule has 0 bridgehead atoms. The molecule has 2 N–H and O–H groups in total. The van der Waals surface area contributed by atoms with Gasteiger partial charge in [0.15, 0.2) is 0 Å². The quantitative estimate of drug-likeness (QED) is 0.270. The molecule has 0 aliphatic rings. The molecule has 2 amide bonds. The van der Waals surface area contributed by atoms with Gasteiger partial charge < -0.3 is 10.6 Å². The number of benzene rings is 2. The Balaban J connectivity index is 1.49. The molecule has 40 heavy (non-hydrogen) atoms. The number of aromatic nitrogens is 3. The Hall–Kier alpha value is -4.47. The minimum atomic E-state index is -4.53. The molecule has 0 spiro atoms. The zero-order valence-electron chi connectivity index (χ0n) is 22.6. The SMILES string of the molecule is Cc1ccc(NC(=O)c2cccc(C(F)(F)F)c2)cc1CCc1cc(NC(=O)c2cccnc2)n(C(C)(C)C)n1. The monoisotopic (exact) mass is 549 g/mol. The minimum absolute atomic E-state index is 0.0782. The van der Waals surface area contributed by atoms with Crippen molar-refractivity contribution in [1.82, 2.24) is 14.8 Å². The fraction of sp³-hybridized carbons (Fsp3) is 0.267. The van der Waals surface area contributed by atoms with Crippen molar-refractivity contribution in [1.29, 1.82) is 0 Å². The number of anilines is 2. The van der Waals surface area contributed by atoms with Crippen LogP contribution in [-0.2, 0) is 24.6 Å². The molecule has 0 unspecified atom stereocenters. The number of rotatable bonds is 7. The summed E-state index contributed by atoms with van der Waals surface area (Å²) in [5, 5.41) is 10.4. The van der Waals surface area contributed by atoms with Gasteiger partial charge in [-0.1, -0.05) is 12.1 Å². The van der Waals surface area contributed by atoms with E-state index >= 15 is 0 Å². The first-order valence-corrected chi connectivity index (χ1v) is 12.7. The summed E-state index contributed by atoms with van der Waals surface area (Å²) in [7, 11) is 0. The largest absolute Gasteiger partial charge is 0.416 e. The molecule has 4 aromatic rings. The van der Waals surface area contributed by atoms with Gasteiger partial charge in [0.2, 0.25) is 0 Å². The van der Waals surface area contributed by atoms with Crippen LogP contribution in [0, 0.1) is 6.92 Å². The lowest BCUT2D eigenvalue weighted by Gasteiger charge is -2.22. The Bertz CT molecular complexity index is 1520. The molecule has 4 rings (SSSR count). The number of hydrogen-bond donors (Lipinski definition) is 2. The second-order valence-corrected chi connectivity index (χ2v) is 10.5. The summed E-state index contributed by atoms with van der Waals surface area (Å²) in [5.74, 6) is -0.348. The highest BCUT2D eigenvalue weighted by Gasteiger charge is 2.31. The third kappa shape index (κ3) is 6.93. The van der Waals surface area contributed by atoms with Crippen molar-refractivity contribution in [2.45, 2.75) is 52.3 Å². The number of amides is 2. The summed E-state index contributed by atoms with van der Waals surface area (Å²) in [6.45, 7) is 7.92. The first-order valence-electron chi connectivity index (χ1n) is 12.7. The maximum Gasteiger partial charge on any atom is 0.416 e. The lowest BCUT2D eigenvalue weighted by molar-refractivity contribution is -0.137. The zero-order chi connectivity index (χ0) is 29.1. The number of alkyl halides is 3. The van der Waals surface area contributed by atoms with Crippen molar-refractivity contribution in [3.8, 4) is 0 Å². The average molecular weight is 550 g/mol. The Morgan fingerprint density at radius 3 is 2.27 bits per heavy atom. The zero-order valence-corrected chi connectivity index (χ0v) is 22.6. The number of carbonyl (C=O) groups is 2. The maximum atomic E-state index is 13.1. The summed E-state index contributed by atoms with van der Waals surface area (Å²) in [6.07, 6.45) is -0.284. The van der Waals surface area contributed by atoms with Crippen LogP contribution >= 0.6 is 0 Å². The molecule has 0 saturated carbocycles. The first kappa shape index (κ1) is 28.5. The van der Waals surface area contributed by atoms with E-state index in [1.54, 1.807) is 29.1 Å². The standard InChI is InChI=1S/C30H30F3N5O2/c1-19-10-12-24(35-27(39)21-7-5-9-23(15-21)30(31,32)33)16-20(19)11-13-25-17-26(38(37-25)29(2,3)4)36-28(40)22-8-6-14-34-18-22/h5-10,12,14-18H,11,13H2,1-4H3,(H,35,39)(H,36,40). The molecule has 10 heteroatoms. The van der Waals surface area contributed by atoms with E-state index in [1.807, 2.05) is 45.9 Å². The Labute approximate surface area is 230 Å². The van der Waals surface area contributed by atoms with Gasteiger partial charge in [0, 0.05) is 29.7 Å². The summed E-state index contributed by atoms with van der Waals surface area (Å²) in [4.78, 5) is 29.4. The Morgan fingerprint density at radius 2 is 1.60 bits per heavy atom. The third-order valence-electron chi connectivity index (χ3n) is 6.27. The molecule has 0 aliphatic heterocycles. The van der Waals surface area contributed by atoms with Crippen molar-refractivity contribution in [2.24, 2.45) is 0 Å². The van der Waals surface area contributed by atoms with Gasteiger partial charge in [-0.25, -0.2) is 4.68 Å². The summed E-state index contributed by atoms with van der Waals surface area (Å²) < 4.78 is 40.9. The van der Waals surface area contributed by atoms with Gasteiger partial charge in [-0.05, 0) is 94.1 Å². The fourth-order valence-corrected chi connectivity index (χ4v) is 4.16. The van der Waals surface area contributed by atoms with Crippen molar-refractivity contribution < 1.29 is 22.8 Å². The van der Waals surface area contributed by atoms with Gasteiger partial charge in [-0.15, -0.1) is 0 Å². The second kappa shape index (κ2) is 11.3. The van der Waals surface area contributed by atoms with Gasteiger partial charge in [-0.3, -0.25) is 14.6 Å². The molecule has 0 atom stereocenters. The van der Waals surface area contributed by atoms with Gasteiger partial charge in [0.25, 0.3) is 11.8 Å². The van der Waals surface area contributed by atoms with Gasteiger partial charge >= 0.3 is 6.18 Å². The summed E-state index contributed by atoms with van der Waals surface area (Å²) in [5.41, 5.74) is 2.29. The molecular weight excluding hydrogens is 519 g/mol. The number of hydrogen-bond acceptors (Lipinski definition) is 4. The number of nitrogens with one attached hydrogen (secondary N) is 2. The number of pyridine rings is 1. The molecule has 2 aromatic carbocycles. The van der Waals surface area contributed by atoms with Crippen LogP contribution in [0.5, 0.6) is 0 Å². The van der Waals surface area contributed by atoms with Crippen molar-refractivity contribution >= 4 is 23.3 Å². The molecule has 0 radical (unpaired) electrons. The van der Waals surface area contributed by atoms with Crippen LogP contribution in [0.2, 0.25) is 0 Å². The number of carbonyl (C=O) groups excluding carboxylic acids is 2. The van der Waals surface area contributed by atoms with E-state index in [0.717, 1.165) is 29.0 Å². The summed E-state index contributed by atoms with van der Waals surface area (Å²) >= 11 is 0. The number of nitrogens with zero attached hydrogens (tertiary/aromatic N) is 3. The number of halogens is 3. The van der Waals surface area contributed by atoms with Gasteiger partial charge in [0.1, 0.15) is 5.82 Å². The molecule has 0 saturated heterocycles. The second-order valence-electron chi connectivity index (χ2n) is 10.5. The van der Waals surface area contributed by atoms with Crippen LogP contribution < -0.4 is 10.6 Å². The molecule has 0 aliphatic carbocycles. The topological polar surface area (TPSA) is 88.9 Å². The lowest BCUT2D eigenvalue weighted by atomic mass is 10.0. The van der Waals surface area contributed by atoms with Crippen molar-refractivity contribution in [2.75, 3.05) is 10.6 Å². The third-order valence-corrected chi connectivity index (χ3v) is 6.27. The minimum Gasteiger partial charge on any atom is -0.322 e. The molecular formula is C30H30F3N5O2. The van der Waals surface area contributed by atoms with Crippen molar-refractivity contribution in [3.63, 3.8) is 0 Å². The lowest BCUT2D eigenvalue weighted by Crippen LogP contribution is -2.26. The molecule has 2 heterocycles. The molecule has 208 valence electrons. The van der Waals surface area contributed by atoms with Crippen molar-refractivity contribution in [3.05, 3.63) is 107 Å². The molecule has 2 aromatic heterocycles. The van der Waals surface area contributed by atoms with E-state index in [-0.39, 0.29) is 17.0 Å². The van der Waals surface area contributed by atoms with Crippen LogP contribution in [0.4, 0.5) is 24.7 Å². The van der Waals surface area contributed by atoms with Gasteiger partial charge in [0.05, 0.1) is 22.4 Å². The molecule has 7 nitrogen and oxygen atoms in total. The first-order chi connectivity index (χ1) is 18.8. The molecule has 0 fully saturated rings. The predicted molar refractivity (Wildman–Crippen MR) is 147 cm³/mol. The highest BCUT2D eigenvalue weighted by molar-refractivity contribution is 6.04. The highest BCUT2D eigenvalue weighted by Crippen LogP contribution is 2.30. The highest BCUT2D eigenvalue weighted by atomic mass is 19.4. The Morgan fingerprint density at radius 1 is 0.875 bits per heavy atom. The van der Waals surface area contributed by atoms with E-state index in [4.69, 9.17) is 5.10 Å². The predicted octanol–water partition coefficient (Wildman–Crippen LogP) is 6.65. The average Bonchev–Trinajstić information content (AvgIpc) is 3.32. The van der Waals surface area contributed by atoms with E-state index in [0.29, 0.717) is 29.9 Å². The van der Waals surface area contributed by atoms with E-state index in [2.05, 4.69) is 15.6 Å². The normalized spacial score (nSPS) is 11.8. The number of aryl methyl sites for hydroxylation is 3. The Kier molecular flexibility index (Phi) is 8.08. The smallest absolute Gasteiger partial charge is 0.322 e. The van der Waals surface area contributed by atoms with Crippen LogP contribution in [0.1, 0.15) is 63.9 Å². The van der Waals surface area contributed by atoms with Gasteiger partial charge in [-0.2, -0.15) is 18.3 Å². The van der Waals surface area contributed by atoms with Crippen LogP contribution in [0.3, 0.4) is 0 Å².